The molecule has 0 unspecified atom stereocenters. The van der Waals surface area contributed by atoms with E-state index >= 15 is 0 Å². The lowest BCUT2D eigenvalue weighted by Gasteiger charge is -2.07. The average molecular weight is 247 g/mol. The number of rotatable bonds is 2. The van der Waals surface area contributed by atoms with Crippen LogP contribution in [0.2, 0.25) is 0 Å². The van der Waals surface area contributed by atoms with Gasteiger partial charge in [-0.2, -0.15) is 0 Å². The first-order chi connectivity index (χ1) is 9.25. The Kier molecular flexibility index (Phi) is 2.76. The summed E-state index contributed by atoms with van der Waals surface area (Å²) in [5, 5.41) is 4.68. The van der Waals surface area contributed by atoms with Crippen LogP contribution >= 0.6 is 0 Å². The lowest BCUT2D eigenvalue weighted by Crippen LogP contribution is -2.05. The molecule has 0 atom stereocenters. The van der Waals surface area contributed by atoms with Gasteiger partial charge < -0.3 is 5.73 Å². The quantitative estimate of drug-likeness (QED) is 0.546. The Bertz CT molecular complexity index is 803. The van der Waals surface area contributed by atoms with Crippen LogP contribution in [0.5, 0.6) is 0 Å². The van der Waals surface area contributed by atoms with Crippen molar-refractivity contribution in [3.8, 4) is 0 Å². The molecule has 0 fully saturated rings. The van der Waals surface area contributed by atoms with Crippen LogP contribution in [0.4, 0.5) is 0 Å². The Morgan fingerprint density at radius 1 is 0.895 bits per heavy atom. The molecule has 3 aromatic carbocycles. The van der Waals surface area contributed by atoms with Gasteiger partial charge in [-0.1, -0.05) is 48.5 Å². The van der Waals surface area contributed by atoms with E-state index in [9.17, 15) is 4.79 Å². The van der Waals surface area contributed by atoms with Crippen molar-refractivity contribution in [3.63, 3.8) is 0 Å². The van der Waals surface area contributed by atoms with Crippen LogP contribution in [0.25, 0.3) is 27.6 Å². The second-order valence-electron chi connectivity index (χ2n) is 4.47. The Morgan fingerprint density at radius 3 is 2.26 bits per heavy atom. The van der Waals surface area contributed by atoms with Crippen LogP contribution in [-0.2, 0) is 4.79 Å². The Morgan fingerprint density at radius 2 is 1.53 bits per heavy atom. The molecule has 3 rings (SSSR count). The van der Waals surface area contributed by atoms with Crippen LogP contribution in [0.1, 0.15) is 5.56 Å². The summed E-state index contributed by atoms with van der Waals surface area (Å²) in [6.07, 6.45) is 3.17. The van der Waals surface area contributed by atoms with E-state index in [1.54, 1.807) is 6.08 Å². The summed E-state index contributed by atoms with van der Waals surface area (Å²) in [6, 6.07) is 18.5. The Labute approximate surface area is 111 Å². The zero-order chi connectivity index (χ0) is 13.2. The number of carbonyl (C=O) groups excluding carboxylic acids is 1. The molecule has 19 heavy (non-hydrogen) atoms. The van der Waals surface area contributed by atoms with Crippen LogP contribution in [0.15, 0.2) is 60.7 Å². The summed E-state index contributed by atoms with van der Waals surface area (Å²) in [5.41, 5.74) is 6.18. The molecule has 0 bridgehead atoms. The monoisotopic (exact) mass is 247 g/mol. The SMILES string of the molecule is NC(=O)/C=C/c1cc2ccccc2c2ccccc12. The van der Waals surface area contributed by atoms with E-state index in [0.717, 1.165) is 16.3 Å². The first-order valence-electron chi connectivity index (χ1n) is 6.14. The van der Waals surface area contributed by atoms with Gasteiger partial charge >= 0.3 is 0 Å². The van der Waals surface area contributed by atoms with Gasteiger partial charge in [0.25, 0.3) is 0 Å². The average Bonchev–Trinajstić information content (AvgIpc) is 2.44. The van der Waals surface area contributed by atoms with Crippen molar-refractivity contribution >= 4 is 33.5 Å². The first-order valence-corrected chi connectivity index (χ1v) is 6.14. The first kappa shape index (κ1) is 11.5. The van der Waals surface area contributed by atoms with Crippen molar-refractivity contribution in [3.05, 3.63) is 66.2 Å². The molecule has 0 aliphatic carbocycles. The lowest BCUT2D eigenvalue weighted by atomic mass is 9.97. The zero-order valence-electron chi connectivity index (χ0n) is 10.3. The highest BCUT2D eigenvalue weighted by molar-refractivity contribution is 6.11. The number of primary amides is 1. The minimum absolute atomic E-state index is 0.433. The molecular formula is C17H13NO. The van der Waals surface area contributed by atoms with Crippen LogP contribution in [0, 0.1) is 0 Å². The van der Waals surface area contributed by atoms with Crippen molar-refractivity contribution in [1.82, 2.24) is 0 Å². The molecule has 2 heteroatoms. The third kappa shape index (κ3) is 2.08. The van der Waals surface area contributed by atoms with Crippen LogP contribution in [0.3, 0.4) is 0 Å². The van der Waals surface area contributed by atoms with E-state index in [4.69, 9.17) is 5.73 Å². The normalized spacial score (nSPS) is 11.4. The van der Waals surface area contributed by atoms with Crippen LogP contribution < -0.4 is 5.73 Å². The smallest absolute Gasteiger partial charge is 0.241 e. The second-order valence-corrected chi connectivity index (χ2v) is 4.47. The molecule has 0 aliphatic rings. The molecule has 0 radical (unpaired) electrons. The number of nitrogens with two attached hydrogens (primary N) is 1. The van der Waals surface area contributed by atoms with E-state index in [1.165, 1.54) is 16.8 Å². The highest BCUT2D eigenvalue weighted by Gasteiger charge is 2.03. The van der Waals surface area contributed by atoms with E-state index in [0.29, 0.717) is 0 Å². The van der Waals surface area contributed by atoms with E-state index < -0.39 is 5.91 Å². The number of hydrogen-bond acceptors (Lipinski definition) is 1. The molecule has 0 spiro atoms. The highest BCUT2D eigenvalue weighted by atomic mass is 16.1. The van der Waals surface area contributed by atoms with Gasteiger partial charge in [-0.05, 0) is 39.3 Å². The third-order valence-electron chi connectivity index (χ3n) is 3.23. The molecule has 92 valence electrons. The molecule has 0 heterocycles. The van der Waals surface area contributed by atoms with Gasteiger partial charge in [-0.25, -0.2) is 0 Å². The van der Waals surface area contributed by atoms with Gasteiger partial charge in [-0.3, -0.25) is 4.79 Å². The maximum atomic E-state index is 10.9. The van der Waals surface area contributed by atoms with Gasteiger partial charge in [0.15, 0.2) is 0 Å². The summed E-state index contributed by atoms with van der Waals surface area (Å²) in [4.78, 5) is 10.9. The molecule has 1 amide bonds. The predicted octanol–water partition coefficient (Wildman–Crippen LogP) is 3.49. The molecule has 0 saturated heterocycles. The van der Waals surface area contributed by atoms with Gasteiger partial charge in [0, 0.05) is 6.08 Å². The minimum atomic E-state index is -0.433. The van der Waals surface area contributed by atoms with Gasteiger partial charge in [0.05, 0.1) is 0 Å². The molecule has 2 nitrogen and oxygen atoms in total. The summed E-state index contributed by atoms with van der Waals surface area (Å²) in [6.45, 7) is 0. The molecule has 3 aromatic rings. The van der Waals surface area contributed by atoms with Crippen LogP contribution in [-0.4, -0.2) is 5.91 Å². The largest absolute Gasteiger partial charge is 0.366 e. The zero-order valence-corrected chi connectivity index (χ0v) is 10.3. The van der Waals surface area contributed by atoms with E-state index in [1.807, 2.05) is 24.3 Å². The molecule has 2 N–H and O–H groups in total. The summed E-state index contributed by atoms with van der Waals surface area (Å²) in [5.74, 6) is -0.433. The third-order valence-corrected chi connectivity index (χ3v) is 3.23. The van der Waals surface area contributed by atoms with E-state index in [2.05, 4.69) is 30.3 Å². The van der Waals surface area contributed by atoms with Gasteiger partial charge in [0.1, 0.15) is 0 Å². The van der Waals surface area contributed by atoms with Crippen molar-refractivity contribution in [2.24, 2.45) is 5.73 Å². The maximum absolute atomic E-state index is 10.9. The molecule has 0 saturated carbocycles. The molecule has 0 aliphatic heterocycles. The minimum Gasteiger partial charge on any atom is -0.366 e. The Hall–Kier alpha value is -2.61. The predicted molar refractivity (Wildman–Crippen MR) is 79.7 cm³/mol. The van der Waals surface area contributed by atoms with Crippen molar-refractivity contribution in [2.75, 3.05) is 0 Å². The summed E-state index contributed by atoms with van der Waals surface area (Å²) >= 11 is 0. The number of benzene rings is 3. The summed E-state index contributed by atoms with van der Waals surface area (Å²) in [7, 11) is 0. The number of amides is 1. The second kappa shape index (κ2) is 4.58. The number of hydrogen-bond donors (Lipinski definition) is 1. The fourth-order valence-corrected chi connectivity index (χ4v) is 2.39. The van der Waals surface area contributed by atoms with Crippen molar-refractivity contribution < 1.29 is 4.79 Å². The topological polar surface area (TPSA) is 43.1 Å². The maximum Gasteiger partial charge on any atom is 0.241 e. The molecule has 0 aromatic heterocycles. The summed E-state index contributed by atoms with van der Waals surface area (Å²) < 4.78 is 0. The standard InChI is InChI=1S/C17H13NO/c18-17(19)10-9-13-11-12-5-1-2-6-14(12)16-8-4-3-7-15(13)16/h1-11H,(H2,18,19)/b10-9+. The number of carbonyl (C=O) groups is 1. The molecular weight excluding hydrogens is 234 g/mol. The highest BCUT2D eigenvalue weighted by Crippen LogP contribution is 2.29. The Balaban J connectivity index is 2.39. The fraction of sp³-hybridized carbons (Fsp3) is 0. The van der Waals surface area contributed by atoms with Gasteiger partial charge in [-0.15, -0.1) is 0 Å². The fourth-order valence-electron chi connectivity index (χ4n) is 2.39. The van der Waals surface area contributed by atoms with Crippen molar-refractivity contribution in [1.29, 1.82) is 0 Å². The van der Waals surface area contributed by atoms with Crippen molar-refractivity contribution in [2.45, 2.75) is 0 Å². The number of fused-ring (bicyclic) bond motifs is 3. The van der Waals surface area contributed by atoms with Gasteiger partial charge in [0.2, 0.25) is 5.91 Å². The lowest BCUT2D eigenvalue weighted by molar-refractivity contribution is -0.113. The van der Waals surface area contributed by atoms with E-state index in [-0.39, 0.29) is 0 Å².